The molecule has 0 N–H and O–H groups in total. The van der Waals surface area contributed by atoms with Crippen molar-refractivity contribution < 1.29 is 9.13 Å². The van der Waals surface area contributed by atoms with Crippen LogP contribution in [0.3, 0.4) is 0 Å². The summed E-state index contributed by atoms with van der Waals surface area (Å²) in [6, 6.07) is 8.42. The summed E-state index contributed by atoms with van der Waals surface area (Å²) in [5.74, 6) is 0.171. The zero-order chi connectivity index (χ0) is 14.3. The van der Waals surface area contributed by atoms with Gasteiger partial charge in [0.05, 0.1) is 30.1 Å². The Labute approximate surface area is 120 Å². The third-order valence-corrected chi connectivity index (χ3v) is 3.55. The van der Waals surface area contributed by atoms with Gasteiger partial charge in [0.1, 0.15) is 16.7 Å². The normalized spacial score (nSPS) is 11.0. The van der Waals surface area contributed by atoms with Crippen molar-refractivity contribution in [3.63, 3.8) is 0 Å². The van der Waals surface area contributed by atoms with Gasteiger partial charge in [-0.1, -0.05) is 17.7 Å². The molecule has 3 nitrogen and oxygen atoms in total. The quantitative estimate of drug-likeness (QED) is 0.666. The topological polar surface area (TPSA) is 27.1 Å². The molecular weight excluding hydrogens is 279 g/mol. The van der Waals surface area contributed by atoms with Crippen molar-refractivity contribution in [3.05, 3.63) is 47.5 Å². The lowest BCUT2D eigenvalue weighted by atomic mass is 10.1. The molecule has 0 aliphatic carbocycles. The van der Waals surface area contributed by atoms with E-state index < -0.39 is 0 Å². The standard InChI is InChI=1S/C15H12ClFN2O/c1-19-11(6-9-7-14(16)18-8-12(9)19)15-10(17)4-3-5-13(15)20-2/h3-8H,1-2H3. The van der Waals surface area contributed by atoms with Crippen LogP contribution in [0.1, 0.15) is 0 Å². The Hall–Kier alpha value is -2.07. The molecule has 0 amide bonds. The number of halogens is 2. The summed E-state index contributed by atoms with van der Waals surface area (Å²) in [6.45, 7) is 0. The molecule has 0 fully saturated rings. The molecule has 3 rings (SSSR count). The first-order chi connectivity index (χ1) is 9.61. The van der Waals surface area contributed by atoms with Gasteiger partial charge in [-0.3, -0.25) is 0 Å². The third kappa shape index (κ3) is 1.93. The molecule has 0 atom stereocenters. The minimum Gasteiger partial charge on any atom is -0.496 e. The summed E-state index contributed by atoms with van der Waals surface area (Å²) in [6.07, 6.45) is 1.68. The number of methoxy groups -OCH3 is 1. The molecule has 0 radical (unpaired) electrons. The molecule has 0 spiro atoms. The predicted octanol–water partition coefficient (Wildman–Crippen LogP) is 4.04. The lowest BCUT2D eigenvalue weighted by Crippen LogP contribution is -1.97. The SMILES string of the molecule is COc1cccc(F)c1-c1cc2cc(Cl)ncc2n1C. The first-order valence-corrected chi connectivity index (χ1v) is 6.43. The molecule has 0 aliphatic heterocycles. The van der Waals surface area contributed by atoms with Crippen LogP contribution < -0.4 is 4.74 Å². The molecule has 0 saturated heterocycles. The summed E-state index contributed by atoms with van der Waals surface area (Å²) in [5, 5.41) is 1.32. The van der Waals surface area contributed by atoms with Crippen LogP contribution in [-0.4, -0.2) is 16.7 Å². The lowest BCUT2D eigenvalue weighted by Gasteiger charge is -2.10. The van der Waals surface area contributed by atoms with E-state index in [2.05, 4.69) is 4.98 Å². The van der Waals surface area contributed by atoms with E-state index in [9.17, 15) is 4.39 Å². The highest BCUT2D eigenvalue weighted by Crippen LogP contribution is 2.35. The molecule has 0 unspecified atom stereocenters. The van der Waals surface area contributed by atoms with Crippen LogP contribution in [0, 0.1) is 5.82 Å². The van der Waals surface area contributed by atoms with Gasteiger partial charge in [-0.2, -0.15) is 0 Å². The molecule has 0 saturated carbocycles. The van der Waals surface area contributed by atoms with Gasteiger partial charge in [0, 0.05) is 12.4 Å². The van der Waals surface area contributed by atoms with Crippen LogP contribution in [-0.2, 0) is 7.05 Å². The lowest BCUT2D eigenvalue weighted by molar-refractivity contribution is 0.413. The average molecular weight is 291 g/mol. The van der Waals surface area contributed by atoms with Gasteiger partial charge in [0.15, 0.2) is 0 Å². The van der Waals surface area contributed by atoms with E-state index in [0.717, 1.165) is 16.6 Å². The van der Waals surface area contributed by atoms with Gasteiger partial charge >= 0.3 is 0 Å². The smallest absolute Gasteiger partial charge is 0.136 e. The predicted molar refractivity (Wildman–Crippen MR) is 77.7 cm³/mol. The molecule has 2 aromatic heterocycles. The van der Waals surface area contributed by atoms with Crippen molar-refractivity contribution in [2.24, 2.45) is 7.05 Å². The van der Waals surface area contributed by atoms with E-state index in [-0.39, 0.29) is 5.82 Å². The number of aryl methyl sites for hydroxylation is 1. The van der Waals surface area contributed by atoms with Crippen LogP contribution in [0.25, 0.3) is 22.2 Å². The highest BCUT2D eigenvalue weighted by Gasteiger charge is 2.16. The number of fused-ring (bicyclic) bond motifs is 1. The highest BCUT2D eigenvalue weighted by atomic mass is 35.5. The van der Waals surface area contributed by atoms with Gasteiger partial charge in [-0.05, 0) is 24.3 Å². The van der Waals surface area contributed by atoms with Crippen LogP contribution >= 0.6 is 11.6 Å². The van der Waals surface area contributed by atoms with Gasteiger partial charge in [-0.25, -0.2) is 9.37 Å². The number of rotatable bonds is 2. The van der Waals surface area contributed by atoms with E-state index in [4.69, 9.17) is 16.3 Å². The monoisotopic (exact) mass is 290 g/mol. The van der Waals surface area contributed by atoms with Crippen LogP contribution in [0.5, 0.6) is 5.75 Å². The van der Waals surface area contributed by atoms with E-state index in [1.807, 2.05) is 17.7 Å². The fraction of sp³-hybridized carbons (Fsp3) is 0.133. The molecule has 5 heteroatoms. The van der Waals surface area contributed by atoms with Crippen molar-refractivity contribution in [2.75, 3.05) is 7.11 Å². The van der Waals surface area contributed by atoms with Crippen molar-refractivity contribution >= 4 is 22.5 Å². The first-order valence-electron chi connectivity index (χ1n) is 6.05. The minimum atomic E-state index is -0.325. The van der Waals surface area contributed by atoms with E-state index in [1.165, 1.54) is 13.2 Å². The van der Waals surface area contributed by atoms with Crippen LogP contribution in [0.4, 0.5) is 4.39 Å². The average Bonchev–Trinajstić information content (AvgIpc) is 2.74. The molecule has 20 heavy (non-hydrogen) atoms. The first kappa shape index (κ1) is 12.9. The Morgan fingerprint density at radius 1 is 1.30 bits per heavy atom. The Balaban J connectivity index is 2.33. The third-order valence-electron chi connectivity index (χ3n) is 3.35. The van der Waals surface area contributed by atoms with Gasteiger partial charge < -0.3 is 9.30 Å². The number of nitrogens with zero attached hydrogens (tertiary/aromatic N) is 2. The van der Waals surface area contributed by atoms with E-state index >= 15 is 0 Å². The number of aromatic nitrogens is 2. The van der Waals surface area contributed by atoms with Gasteiger partial charge in [0.2, 0.25) is 0 Å². The second-order valence-electron chi connectivity index (χ2n) is 4.47. The molecular formula is C15H12ClFN2O. The zero-order valence-corrected chi connectivity index (χ0v) is 11.8. The Morgan fingerprint density at radius 2 is 2.10 bits per heavy atom. The van der Waals surface area contributed by atoms with Gasteiger partial charge in [0.25, 0.3) is 0 Å². The summed E-state index contributed by atoms with van der Waals surface area (Å²) < 4.78 is 21.3. The van der Waals surface area contributed by atoms with Crippen molar-refractivity contribution in [1.29, 1.82) is 0 Å². The maximum atomic E-state index is 14.2. The summed E-state index contributed by atoms with van der Waals surface area (Å²) in [4.78, 5) is 4.06. The Kier molecular flexibility index (Phi) is 3.10. The number of ether oxygens (including phenoxy) is 1. The molecule has 102 valence electrons. The van der Waals surface area contributed by atoms with Crippen molar-refractivity contribution in [3.8, 4) is 17.0 Å². The minimum absolute atomic E-state index is 0.325. The highest BCUT2D eigenvalue weighted by molar-refractivity contribution is 6.30. The van der Waals surface area contributed by atoms with Crippen molar-refractivity contribution in [2.45, 2.75) is 0 Å². The number of hydrogen-bond acceptors (Lipinski definition) is 2. The van der Waals surface area contributed by atoms with Crippen LogP contribution in [0.15, 0.2) is 36.5 Å². The molecule has 0 aliphatic rings. The Bertz CT molecular complexity index is 798. The number of pyridine rings is 1. The largest absolute Gasteiger partial charge is 0.496 e. The number of hydrogen-bond donors (Lipinski definition) is 0. The molecule has 1 aromatic carbocycles. The fourth-order valence-corrected chi connectivity index (χ4v) is 2.54. The van der Waals surface area contributed by atoms with E-state index in [1.54, 1.807) is 24.4 Å². The summed E-state index contributed by atoms with van der Waals surface area (Å²) in [5.41, 5.74) is 2.04. The van der Waals surface area contributed by atoms with E-state index in [0.29, 0.717) is 16.5 Å². The zero-order valence-electron chi connectivity index (χ0n) is 11.0. The maximum absolute atomic E-state index is 14.2. The maximum Gasteiger partial charge on any atom is 0.136 e. The fourth-order valence-electron chi connectivity index (χ4n) is 2.37. The van der Waals surface area contributed by atoms with Crippen LogP contribution in [0.2, 0.25) is 5.15 Å². The second kappa shape index (κ2) is 4.80. The number of benzene rings is 1. The Morgan fingerprint density at radius 3 is 2.85 bits per heavy atom. The molecule has 0 bridgehead atoms. The summed E-state index contributed by atoms with van der Waals surface area (Å²) in [7, 11) is 3.39. The van der Waals surface area contributed by atoms with Gasteiger partial charge in [-0.15, -0.1) is 0 Å². The summed E-state index contributed by atoms with van der Waals surface area (Å²) >= 11 is 5.90. The molecule has 2 heterocycles. The van der Waals surface area contributed by atoms with Crippen molar-refractivity contribution in [1.82, 2.24) is 9.55 Å². The second-order valence-corrected chi connectivity index (χ2v) is 4.86. The molecule has 3 aromatic rings.